The van der Waals surface area contributed by atoms with Gasteiger partial charge in [-0.25, -0.2) is 19.9 Å². The van der Waals surface area contributed by atoms with Gasteiger partial charge in [0.2, 0.25) is 0 Å². The second-order valence-corrected chi connectivity index (χ2v) is 13.4. The zero-order valence-corrected chi connectivity index (χ0v) is 28.8. The number of aliphatic imine (C=N–C) groups is 1. The Morgan fingerprint density at radius 3 is 2.52 bits per heavy atom. The van der Waals surface area contributed by atoms with Crippen molar-refractivity contribution in [1.29, 1.82) is 0 Å². The number of aryl methyl sites for hydroxylation is 2. The predicted octanol–water partition coefficient (Wildman–Crippen LogP) is 3.63. The van der Waals surface area contributed by atoms with E-state index in [4.69, 9.17) is 23.1 Å². The number of aromatic nitrogens is 4. The molecule has 5 heterocycles. The number of piperazine rings is 1. The Bertz CT molecular complexity index is 1900. The fourth-order valence-corrected chi connectivity index (χ4v) is 6.37. The topological polar surface area (TPSA) is 157 Å². The van der Waals surface area contributed by atoms with E-state index in [-0.39, 0.29) is 24.2 Å². The number of oxazole rings is 1. The summed E-state index contributed by atoms with van der Waals surface area (Å²) in [5.41, 5.74) is 4.70. The average molecular weight is 701 g/mol. The molecule has 1 aromatic carbocycles. The zero-order valence-electron chi connectivity index (χ0n) is 28.0. The van der Waals surface area contributed by atoms with E-state index < -0.39 is 10.1 Å². The van der Waals surface area contributed by atoms with Crippen LogP contribution in [0.15, 0.2) is 99.9 Å². The van der Waals surface area contributed by atoms with Gasteiger partial charge in [0.1, 0.15) is 17.8 Å². The summed E-state index contributed by atoms with van der Waals surface area (Å²) < 4.78 is 46.8. The highest BCUT2D eigenvalue weighted by atomic mass is 32.2. The third-order valence-corrected chi connectivity index (χ3v) is 9.47. The summed E-state index contributed by atoms with van der Waals surface area (Å²) in [5, 5.41) is 3.38. The van der Waals surface area contributed by atoms with Gasteiger partial charge in [0.05, 0.1) is 56.7 Å². The Hall–Kier alpha value is -4.96. The van der Waals surface area contributed by atoms with E-state index in [2.05, 4.69) is 35.1 Å². The molecule has 4 aromatic rings. The van der Waals surface area contributed by atoms with Crippen LogP contribution in [0.2, 0.25) is 0 Å². The first-order chi connectivity index (χ1) is 24.4. The monoisotopic (exact) mass is 700 g/mol. The maximum atomic E-state index is 12.4. The number of benzene rings is 1. The third kappa shape index (κ3) is 9.18. The van der Waals surface area contributed by atoms with Crippen LogP contribution in [-0.2, 0) is 23.8 Å². The van der Waals surface area contributed by atoms with Crippen LogP contribution in [0.5, 0.6) is 0 Å². The van der Waals surface area contributed by atoms with Crippen molar-refractivity contribution in [1.82, 2.24) is 30.2 Å². The smallest absolute Gasteiger partial charge is 0.297 e. The number of anilines is 1. The third-order valence-electron chi connectivity index (χ3n) is 8.14. The molecule has 0 unspecified atom stereocenters. The highest BCUT2D eigenvalue weighted by Crippen LogP contribution is 2.23. The van der Waals surface area contributed by atoms with E-state index in [9.17, 15) is 8.42 Å². The fourth-order valence-electron chi connectivity index (χ4n) is 5.48. The minimum absolute atomic E-state index is 0.0115. The molecule has 0 radical (unpaired) electrons. The lowest BCUT2D eigenvalue weighted by molar-refractivity contribution is 0.0290. The van der Waals surface area contributed by atoms with Crippen molar-refractivity contribution in [3.63, 3.8) is 0 Å². The molecule has 1 saturated heterocycles. The van der Waals surface area contributed by atoms with Gasteiger partial charge in [0.15, 0.2) is 18.1 Å². The Labute approximate surface area is 291 Å². The van der Waals surface area contributed by atoms with Crippen LogP contribution in [0.4, 0.5) is 5.82 Å². The summed E-state index contributed by atoms with van der Waals surface area (Å²) in [7, 11) is -3.83. The van der Waals surface area contributed by atoms with Crippen LogP contribution in [0.25, 0.3) is 17.5 Å². The van der Waals surface area contributed by atoms with Crippen LogP contribution in [0.3, 0.4) is 0 Å². The average Bonchev–Trinajstić information content (AvgIpc) is 3.68. The molecule has 1 N–H and O–H groups in total. The molecular weight excluding hydrogens is 661 g/mol. The van der Waals surface area contributed by atoms with Gasteiger partial charge in [0, 0.05) is 43.8 Å². The number of nitrogens with one attached hydrogen (secondary N) is 1. The molecule has 262 valence electrons. The Morgan fingerprint density at radius 2 is 1.78 bits per heavy atom. The fraction of sp³-hybridized carbons (Fsp3) is 0.343. The lowest BCUT2D eigenvalue weighted by Gasteiger charge is -2.43. The largest absolute Gasteiger partial charge is 0.442 e. The van der Waals surface area contributed by atoms with Gasteiger partial charge in [-0.2, -0.15) is 8.42 Å². The molecule has 1 atom stereocenters. The van der Waals surface area contributed by atoms with Gasteiger partial charge < -0.3 is 29.0 Å². The summed E-state index contributed by atoms with van der Waals surface area (Å²) in [6.07, 6.45) is 14.2. The first kappa shape index (κ1) is 34.9. The second-order valence-electron chi connectivity index (χ2n) is 11.8. The Balaban J connectivity index is 0.974. The molecule has 3 aromatic heterocycles. The van der Waals surface area contributed by atoms with E-state index in [0.717, 1.165) is 52.8 Å². The van der Waals surface area contributed by atoms with E-state index in [1.54, 1.807) is 30.9 Å². The van der Waals surface area contributed by atoms with Gasteiger partial charge in [-0.05, 0) is 43.2 Å². The lowest BCUT2D eigenvalue weighted by atomic mass is 10.1. The number of guanidine groups is 1. The van der Waals surface area contributed by atoms with Crippen LogP contribution in [0, 0.1) is 13.8 Å². The molecule has 15 heteroatoms. The van der Waals surface area contributed by atoms with Crippen molar-refractivity contribution in [2.24, 2.45) is 4.99 Å². The second kappa shape index (κ2) is 16.6. The SMILES string of the molecule is Cc1ccc(S(=O)(=O)OCCOCCOC[C@H]2CN(C3=NCC(/C=C/c4ccc(-c5cnco5)nc4)=CN3)CCN2c2ncncc2C)cc1. The quantitative estimate of drug-likeness (QED) is 0.150. The van der Waals surface area contributed by atoms with E-state index in [1.807, 2.05) is 50.5 Å². The highest BCUT2D eigenvalue weighted by Gasteiger charge is 2.31. The first-order valence-electron chi connectivity index (χ1n) is 16.3. The summed E-state index contributed by atoms with van der Waals surface area (Å²) >= 11 is 0. The maximum absolute atomic E-state index is 12.4. The van der Waals surface area contributed by atoms with Crippen molar-refractivity contribution in [2.75, 3.05) is 64.1 Å². The first-order valence-corrected chi connectivity index (χ1v) is 17.7. The molecule has 50 heavy (non-hydrogen) atoms. The number of hydrogen-bond acceptors (Lipinski definition) is 14. The molecule has 0 saturated carbocycles. The van der Waals surface area contributed by atoms with Gasteiger partial charge in [-0.1, -0.05) is 35.9 Å². The summed E-state index contributed by atoms with van der Waals surface area (Å²) in [6, 6.07) is 10.4. The van der Waals surface area contributed by atoms with E-state index in [0.29, 0.717) is 38.7 Å². The van der Waals surface area contributed by atoms with Crippen LogP contribution in [0.1, 0.15) is 16.7 Å². The molecule has 1 fully saturated rings. The van der Waals surface area contributed by atoms with Gasteiger partial charge in [-0.15, -0.1) is 0 Å². The van der Waals surface area contributed by atoms with Crippen LogP contribution < -0.4 is 10.2 Å². The number of pyridine rings is 1. The highest BCUT2D eigenvalue weighted by molar-refractivity contribution is 7.86. The van der Waals surface area contributed by atoms with Crippen molar-refractivity contribution in [3.05, 3.63) is 102 Å². The molecule has 0 aliphatic carbocycles. The molecule has 6 rings (SSSR count). The van der Waals surface area contributed by atoms with E-state index in [1.165, 1.54) is 18.5 Å². The Kier molecular flexibility index (Phi) is 11.6. The van der Waals surface area contributed by atoms with Crippen molar-refractivity contribution in [2.45, 2.75) is 24.8 Å². The minimum atomic E-state index is -3.83. The number of ether oxygens (including phenoxy) is 2. The summed E-state index contributed by atoms with van der Waals surface area (Å²) in [4.78, 5) is 26.6. The summed E-state index contributed by atoms with van der Waals surface area (Å²) in [5.74, 6) is 2.32. The molecule has 0 bridgehead atoms. The standard InChI is InChI=1S/C35H40N8O6S/c1-26-3-8-31(9-4-26)50(44,45)49-16-15-46-13-14-47-23-30-22-42(11-12-43(30)34-27(2)17-36-24-41-34)35-39-19-29(20-40-35)6-5-28-7-10-32(38-18-28)33-21-37-25-48-33/h3-10,17-19,21,24-25,30H,11-16,20,22-23H2,1-2H3,(H,39,40)/b6-5+/t30-/m1/s1. The van der Waals surface area contributed by atoms with Crippen molar-refractivity contribution in [3.8, 4) is 11.5 Å². The van der Waals surface area contributed by atoms with Gasteiger partial charge >= 0.3 is 0 Å². The van der Waals surface area contributed by atoms with Gasteiger partial charge in [0.25, 0.3) is 10.1 Å². The number of nitrogens with zero attached hydrogens (tertiary/aromatic N) is 7. The predicted molar refractivity (Wildman–Crippen MR) is 188 cm³/mol. The zero-order chi connectivity index (χ0) is 34.8. The molecular formula is C35H40N8O6S. The Morgan fingerprint density at radius 1 is 0.940 bits per heavy atom. The normalized spacial score (nSPS) is 16.7. The number of rotatable bonds is 14. The van der Waals surface area contributed by atoms with Crippen molar-refractivity contribution >= 4 is 28.0 Å². The van der Waals surface area contributed by atoms with Crippen molar-refractivity contribution < 1.29 is 26.5 Å². The molecule has 0 amide bonds. The molecule has 0 spiro atoms. The number of hydrogen-bond donors (Lipinski definition) is 1. The molecule has 14 nitrogen and oxygen atoms in total. The van der Waals surface area contributed by atoms with E-state index >= 15 is 0 Å². The lowest BCUT2D eigenvalue weighted by Crippen LogP contribution is -2.59. The molecule has 2 aliphatic heterocycles. The molecule has 2 aliphatic rings. The maximum Gasteiger partial charge on any atom is 0.297 e. The van der Waals surface area contributed by atoms with Crippen LogP contribution in [-0.4, -0.2) is 104 Å². The summed E-state index contributed by atoms with van der Waals surface area (Å²) in [6.45, 7) is 7.71. The van der Waals surface area contributed by atoms with Gasteiger partial charge in [-0.3, -0.25) is 9.17 Å². The van der Waals surface area contributed by atoms with Crippen LogP contribution >= 0.6 is 0 Å². The minimum Gasteiger partial charge on any atom is -0.442 e.